The van der Waals surface area contributed by atoms with Crippen molar-refractivity contribution in [1.82, 2.24) is 14.6 Å². The number of carboxylic acid groups (broad SMARTS) is 1. The summed E-state index contributed by atoms with van der Waals surface area (Å²) >= 11 is 0. The minimum absolute atomic E-state index is 0.277. The van der Waals surface area contributed by atoms with Crippen LogP contribution in [0.2, 0.25) is 0 Å². The fourth-order valence-electron chi connectivity index (χ4n) is 4.14. The van der Waals surface area contributed by atoms with E-state index in [0.717, 1.165) is 34.0 Å². The molecule has 1 fully saturated rings. The van der Waals surface area contributed by atoms with Crippen LogP contribution < -0.4 is 14.4 Å². The highest BCUT2D eigenvalue weighted by Crippen LogP contribution is 2.36. The number of hydrogen-bond acceptors (Lipinski definition) is 6. The van der Waals surface area contributed by atoms with Crippen LogP contribution in [0.5, 0.6) is 11.5 Å². The molecule has 0 amide bonds. The Hall–Kier alpha value is -3.29. The van der Waals surface area contributed by atoms with Gasteiger partial charge in [0.2, 0.25) is 0 Å². The maximum Gasteiger partial charge on any atom is 0.306 e. The number of methoxy groups -OCH3 is 2. The van der Waals surface area contributed by atoms with Crippen molar-refractivity contribution >= 4 is 17.4 Å². The lowest BCUT2D eigenvalue weighted by Crippen LogP contribution is -2.37. The molecule has 0 atom stereocenters. The van der Waals surface area contributed by atoms with Gasteiger partial charge in [-0.2, -0.15) is 9.61 Å². The lowest BCUT2D eigenvalue weighted by atomic mass is 9.97. The van der Waals surface area contributed by atoms with Crippen molar-refractivity contribution in [2.75, 3.05) is 32.2 Å². The highest BCUT2D eigenvalue weighted by atomic mass is 16.5. The first kappa shape index (κ1) is 20.0. The van der Waals surface area contributed by atoms with Crippen molar-refractivity contribution in [3.05, 3.63) is 35.7 Å². The molecule has 3 heterocycles. The van der Waals surface area contributed by atoms with Gasteiger partial charge >= 0.3 is 5.97 Å². The van der Waals surface area contributed by atoms with Crippen LogP contribution in [0.15, 0.2) is 24.3 Å². The number of anilines is 1. The van der Waals surface area contributed by atoms with E-state index in [1.807, 2.05) is 42.6 Å². The Balaban J connectivity index is 1.79. The molecule has 0 unspecified atom stereocenters. The molecule has 4 rings (SSSR count). The fraction of sp³-hybridized carbons (Fsp3) is 0.409. The van der Waals surface area contributed by atoms with Gasteiger partial charge in [-0.1, -0.05) is 6.07 Å². The maximum atomic E-state index is 11.3. The van der Waals surface area contributed by atoms with Crippen LogP contribution >= 0.6 is 0 Å². The zero-order chi connectivity index (χ0) is 21.4. The molecular formula is C22H26N4O4. The largest absolute Gasteiger partial charge is 0.493 e. The Morgan fingerprint density at radius 1 is 1.10 bits per heavy atom. The molecular weight excluding hydrogens is 384 g/mol. The number of piperidine rings is 1. The Labute approximate surface area is 175 Å². The molecule has 1 aliphatic heterocycles. The SMILES string of the molecule is COc1ccc(-c2c(C)nn3c(N4CCC(C(=O)O)CC4)cc(C)nc23)cc1OC. The van der Waals surface area contributed by atoms with Crippen LogP contribution in [-0.4, -0.2) is 53.0 Å². The van der Waals surface area contributed by atoms with Crippen molar-refractivity contribution < 1.29 is 19.4 Å². The lowest BCUT2D eigenvalue weighted by Gasteiger charge is -2.32. The third-order valence-electron chi connectivity index (χ3n) is 5.71. The maximum absolute atomic E-state index is 11.3. The number of nitrogens with zero attached hydrogens (tertiary/aromatic N) is 4. The summed E-state index contributed by atoms with van der Waals surface area (Å²) in [5.41, 5.74) is 4.42. The van der Waals surface area contributed by atoms with Gasteiger partial charge in [-0.15, -0.1) is 0 Å². The predicted octanol–water partition coefficient (Wildman–Crippen LogP) is 3.33. The molecule has 8 nitrogen and oxygen atoms in total. The minimum Gasteiger partial charge on any atom is -0.493 e. The number of aliphatic carboxylic acids is 1. The molecule has 1 aromatic carbocycles. The van der Waals surface area contributed by atoms with E-state index in [9.17, 15) is 9.90 Å². The second kappa shape index (κ2) is 7.85. The first-order valence-electron chi connectivity index (χ1n) is 10.00. The molecule has 0 spiro atoms. The first-order valence-corrected chi connectivity index (χ1v) is 10.00. The van der Waals surface area contributed by atoms with E-state index < -0.39 is 5.97 Å². The number of hydrogen-bond donors (Lipinski definition) is 1. The third kappa shape index (κ3) is 3.42. The van der Waals surface area contributed by atoms with Gasteiger partial charge in [0, 0.05) is 30.4 Å². The summed E-state index contributed by atoms with van der Waals surface area (Å²) in [6, 6.07) is 7.81. The summed E-state index contributed by atoms with van der Waals surface area (Å²) in [4.78, 5) is 18.3. The van der Waals surface area contributed by atoms with Gasteiger partial charge in [-0.05, 0) is 44.4 Å². The molecule has 1 saturated heterocycles. The molecule has 2 aromatic heterocycles. The number of benzene rings is 1. The van der Waals surface area contributed by atoms with Gasteiger partial charge in [0.15, 0.2) is 17.1 Å². The van der Waals surface area contributed by atoms with Crippen molar-refractivity contribution in [2.45, 2.75) is 26.7 Å². The first-order chi connectivity index (χ1) is 14.4. The van der Waals surface area contributed by atoms with E-state index in [0.29, 0.717) is 37.4 Å². The van der Waals surface area contributed by atoms with Crippen LogP contribution in [0, 0.1) is 19.8 Å². The molecule has 1 N–H and O–H groups in total. The zero-order valence-corrected chi connectivity index (χ0v) is 17.7. The molecule has 158 valence electrons. The van der Waals surface area contributed by atoms with E-state index in [4.69, 9.17) is 19.6 Å². The van der Waals surface area contributed by atoms with Gasteiger partial charge < -0.3 is 19.5 Å². The number of carbonyl (C=O) groups is 1. The molecule has 0 aliphatic carbocycles. The number of aryl methyl sites for hydroxylation is 2. The second-order valence-corrected chi connectivity index (χ2v) is 7.62. The molecule has 3 aromatic rings. The number of ether oxygens (including phenoxy) is 2. The van der Waals surface area contributed by atoms with E-state index in [1.54, 1.807) is 14.2 Å². The lowest BCUT2D eigenvalue weighted by molar-refractivity contribution is -0.142. The molecule has 1 aliphatic rings. The van der Waals surface area contributed by atoms with Gasteiger partial charge in [0.1, 0.15) is 5.82 Å². The number of fused-ring (bicyclic) bond motifs is 1. The monoisotopic (exact) mass is 410 g/mol. The average molecular weight is 410 g/mol. The number of carboxylic acids is 1. The van der Waals surface area contributed by atoms with E-state index in [1.165, 1.54) is 0 Å². The summed E-state index contributed by atoms with van der Waals surface area (Å²) in [7, 11) is 3.23. The van der Waals surface area contributed by atoms with Gasteiger partial charge in [-0.25, -0.2) is 4.98 Å². The smallest absolute Gasteiger partial charge is 0.306 e. The molecule has 0 radical (unpaired) electrons. The standard InChI is InChI=1S/C22H26N4O4/c1-13-11-19(25-9-7-15(8-10-25)22(27)28)26-21(23-13)20(14(2)24-26)16-5-6-17(29-3)18(12-16)30-4/h5-6,11-12,15H,7-10H2,1-4H3,(H,27,28). The van der Waals surface area contributed by atoms with Gasteiger partial charge in [0.05, 0.1) is 25.8 Å². The second-order valence-electron chi connectivity index (χ2n) is 7.62. The number of rotatable bonds is 5. The predicted molar refractivity (Wildman–Crippen MR) is 114 cm³/mol. The van der Waals surface area contributed by atoms with Crippen molar-refractivity contribution in [3.8, 4) is 22.6 Å². The summed E-state index contributed by atoms with van der Waals surface area (Å²) < 4.78 is 12.7. The fourth-order valence-corrected chi connectivity index (χ4v) is 4.14. The van der Waals surface area contributed by atoms with Crippen LogP contribution in [-0.2, 0) is 4.79 Å². The van der Waals surface area contributed by atoms with Crippen molar-refractivity contribution in [1.29, 1.82) is 0 Å². The summed E-state index contributed by atoms with van der Waals surface area (Å²) in [6.07, 6.45) is 1.25. The minimum atomic E-state index is -0.712. The van der Waals surface area contributed by atoms with Crippen LogP contribution in [0.4, 0.5) is 5.82 Å². The van der Waals surface area contributed by atoms with Crippen molar-refractivity contribution in [2.24, 2.45) is 5.92 Å². The van der Waals surface area contributed by atoms with Crippen LogP contribution in [0.3, 0.4) is 0 Å². The molecule has 0 saturated carbocycles. The Bertz CT molecular complexity index is 1100. The van der Waals surface area contributed by atoms with E-state index in [-0.39, 0.29) is 5.92 Å². The molecule has 0 bridgehead atoms. The summed E-state index contributed by atoms with van der Waals surface area (Å²) in [5, 5.41) is 14.1. The third-order valence-corrected chi connectivity index (χ3v) is 5.71. The highest BCUT2D eigenvalue weighted by molar-refractivity contribution is 5.82. The molecule has 30 heavy (non-hydrogen) atoms. The van der Waals surface area contributed by atoms with Gasteiger partial charge in [0.25, 0.3) is 0 Å². The summed E-state index contributed by atoms with van der Waals surface area (Å²) in [6.45, 7) is 5.30. The van der Waals surface area contributed by atoms with Crippen LogP contribution in [0.1, 0.15) is 24.2 Å². The highest BCUT2D eigenvalue weighted by Gasteiger charge is 2.27. The van der Waals surface area contributed by atoms with Crippen molar-refractivity contribution in [3.63, 3.8) is 0 Å². The van der Waals surface area contributed by atoms with Gasteiger partial charge in [-0.3, -0.25) is 4.79 Å². The van der Waals surface area contributed by atoms with E-state index >= 15 is 0 Å². The normalized spacial score (nSPS) is 14.9. The Kier molecular flexibility index (Phi) is 5.24. The Morgan fingerprint density at radius 2 is 1.80 bits per heavy atom. The Morgan fingerprint density at radius 3 is 2.43 bits per heavy atom. The summed E-state index contributed by atoms with van der Waals surface area (Å²) in [5.74, 6) is 1.27. The number of aromatic nitrogens is 3. The molecule has 8 heteroatoms. The average Bonchev–Trinajstić information content (AvgIpc) is 3.08. The van der Waals surface area contributed by atoms with E-state index in [2.05, 4.69) is 4.90 Å². The quantitative estimate of drug-likeness (QED) is 0.690. The zero-order valence-electron chi connectivity index (χ0n) is 17.7. The topological polar surface area (TPSA) is 89.2 Å². The van der Waals surface area contributed by atoms with Crippen LogP contribution in [0.25, 0.3) is 16.8 Å².